The molecule has 2 aromatic rings. The van der Waals surface area contributed by atoms with Crippen molar-refractivity contribution >= 4 is 17.0 Å². The Morgan fingerprint density at radius 3 is 2.76 bits per heavy atom. The van der Waals surface area contributed by atoms with Gasteiger partial charge < -0.3 is 15.0 Å². The first kappa shape index (κ1) is 11.9. The van der Waals surface area contributed by atoms with Gasteiger partial charge in [-0.05, 0) is 38.5 Å². The van der Waals surface area contributed by atoms with E-state index in [1.807, 2.05) is 16.7 Å². The summed E-state index contributed by atoms with van der Waals surface area (Å²) in [4.78, 5) is 4.39. The van der Waals surface area contributed by atoms with Crippen LogP contribution in [0.3, 0.4) is 0 Å². The molecule has 0 aliphatic heterocycles. The second kappa shape index (κ2) is 4.04. The highest BCUT2D eigenvalue weighted by Crippen LogP contribution is 2.27. The lowest BCUT2D eigenvalue weighted by Gasteiger charge is -2.27. The van der Waals surface area contributed by atoms with E-state index in [1.165, 1.54) is 5.56 Å². The molecule has 92 valence electrons. The van der Waals surface area contributed by atoms with Crippen LogP contribution >= 0.6 is 0 Å². The van der Waals surface area contributed by atoms with Crippen LogP contribution in [0.4, 0.5) is 5.95 Å². The van der Waals surface area contributed by atoms with E-state index in [-0.39, 0.29) is 5.54 Å². The smallest absolute Gasteiger partial charge is 0.201 e. The zero-order chi connectivity index (χ0) is 12.6. The summed E-state index contributed by atoms with van der Waals surface area (Å²) in [6.07, 6.45) is 0. The fraction of sp³-hybridized carbons (Fsp3) is 0.462. The number of methoxy groups -OCH3 is 1. The van der Waals surface area contributed by atoms with Crippen molar-refractivity contribution < 1.29 is 4.74 Å². The Hall–Kier alpha value is -1.55. The number of nitrogen functional groups attached to an aromatic ring is 1. The monoisotopic (exact) mass is 233 g/mol. The molecule has 0 bridgehead atoms. The lowest BCUT2D eigenvalue weighted by Crippen LogP contribution is -2.32. The SMILES string of the molecule is COCC(C)(C)n1c(N)nc2ccc(C)cc21. The number of ether oxygens (including phenoxy) is 1. The van der Waals surface area contributed by atoms with E-state index in [4.69, 9.17) is 10.5 Å². The fourth-order valence-corrected chi connectivity index (χ4v) is 2.26. The van der Waals surface area contributed by atoms with Crippen LogP contribution in [-0.2, 0) is 10.3 Å². The summed E-state index contributed by atoms with van der Waals surface area (Å²) in [5, 5.41) is 0. The summed E-state index contributed by atoms with van der Waals surface area (Å²) < 4.78 is 7.30. The number of hydrogen-bond acceptors (Lipinski definition) is 3. The molecule has 0 amide bonds. The maximum absolute atomic E-state index is 6.02. The number of nitrogens with zero attached hydrogens (tertiary/aromatic N) is 2. The van der Waals surface area contributed by atoms with Crippen molar-refractivity contribution in [1.29, 1.82) is 0 Å². The minimum atomic E-state index is -0.207. The molecule has 0 fully saturated rings. The van der Waals surface area contributed by atoms with Crippen molar-refractivity contribution in [3.63, 3.8) is 0 Å². The van der Waals surface area contributed by atoms with E-state index >= 15 is 0 Å². The molecule has 4 nitrogen and oxygen atoms in total. The third kappa shape index (κ3) is 2.00. The van der Waals surface area contributed by atoms with Crippen molar-refractivity contribution in [2.45, 2.75) is 26.3 Å². The number of anilines is 1. The van der Waals surface area contributed by atoms with E-state index in [0.29, 0.717) is 12.6 Å². The van der Waals surface area contributed by atoms with Gasteiger partial charge in [-0.2, -0.15) is 0 Å². The van der Waals surface area contributed by atoms with Gasteiger partial charge in [-0.15, -0.1) is 0 Å². The van der Waals surface area contributed by atoms with Crippen LogP contribution in [0.15, 0.2) is 18.2 Å². The number of nitrogens with two attached hydrogens (primary N) is 1. The van der Waals surface area contributed by atoms with Crippen LogP contribution in [0.2, 0.25) is 0 Å². The molecule has 0 spiro atoms. The summed E-state index contributed by atoms with van der Waals surface area (Å²) >= 11 is 0. The number of aryl methyl sites for hydroxylation is 1. The Bertz CT molecular complexity index is 543. The second-order valence-corrected chi connectivity index (χ2v) is 5.04. The number of aromatic nitrogens is 2. The van der Waals surface area contributed by atoms with Crippen LogP contribution < -0.4 is 5.73 Å². The topological polar surface area (TPSA) is 53.1 Å². The van der Waals surface area contributed by atoms with E-state index < -0.39 is 0 Å². The van der Waals surface area contributed by atoms with Gasteiger partial charge in [-0.1, -0.05) is 6.07 Å². The molecule has 2 N–H and O–H groups in total. The van der Waals surface area contributed by atoms with Gasteiger partial charge in [-0.25, -0.2) is 4.98 Å². The van der Waals surface area contributed by atoms with Gasteiger partial charge in [0.1, 0.15) is 0 Å². The van der Waals surface area contributed by atoms with Crippen molar-refractivity contribution in [2.24, 2.45) is 0 Å². The van der Waals surface area contributed by atoms with Crippen molar-refractivity contribution in [2.75, 3.05) is 19.5 Å². The second-order valence-electron chi connectivity index (χ2n) is 5.04. The maximum Gasteiger partial charge on any atom is 0.201 e. The summed E-state index contributed by atoms with van der Waals surface area (Å²) in [7, 11) is 1.70. The molecule has 0 aliphatic carbocycles. The predicted molar refractivity (Wildman–Crippen MR) is 70.1 cm³/mol. The Morgan fingerprint density at radius 1 is 1.41 bits per heavy atom. The van der Waals surface area contributed by atoms with Gasteiger partial charge in [0.05, 0.1) is 23.2 Å². The number of benzene rings is 1. The number of imidazole rings is 1. The van der Waals surface area contributed by atoms with Crippen LogP contribution in [0.1, 0.15) is 19.4 Å². The molecule has 0 radical (unpaired) electrons. The highest BCUT2D eigenvalue weighted by Gasteiger charge is 2.25. The quantitative estimate of drug-likeness (QED) is 0.885. The van der Waals surface area contributed by atoms with Crippen LogP contribution in [0.5, 0.6) is 0 Å². The average Bonchev–Trinajstić information content (AvgIpc) is 2.53. The lowest BCUT2D eigenvalue weighted by molar-refractivity contribution is 0.113. The van der Waals surface area contributed by atoms with Crippen molar-refractivity contribution in [3.8, 4) is 0 Å². The molecule has 1 aromatic heterocycles. The Morgan fingerprint density at radius 2 is 2.12 bits per heavy atom. The van der Waals surface area contributed by atoms with E-state index in [9.17, 15) is 0 Å². The first-order valence-electron chi connectivity index (χ1n) is 5.70. The molecule has 2 rings (SSSR count). The normalized spacial score (nSPS) is 12.2. The summed E-state index contributed by atoms with van der Waals surface area (Å²) in [6, 6.07) is 6.15. The fourth-order valence-electron chi connectivity index (χ4n) is 2.26. The average molecular weight is 233 g/mol. The Balaban J connectivity index is 2.67. The third-order valence-electron chi connectivity index (χ3n) is 2.94. The van der Waals surface area contributed by atoms with Gasteiger partial charge >= 0.3 is 0 Å². The molecule has 17 heavy (non-hydrogen) atoms. The van der Waals surface area contributed by atoms with E-state index in [2.05, 4.69) is 31.8 Å². The van der Waals surface area contributed by atoms with Crippen LogP contribution in [0, 0.1) is 6.92 Å². The molecule has 1 heterocycles. The van der Waals surface area contributed by atoms with Gasteiger partial charge in [0.25, 0.3) is 0 Å². The summed E-state index contributed by atoms with van der Waals surface area (Å²) in [6.45, 7) is 6.85. The standard InChI is InChI=1S/C13H19N3O/c1-9-5-6-10-11(7-9)16(12(14)15-10)13(2,3)8-17-4/h5-7H,8H2,1-4H3,(H2,14,15). The van der Waals surface area contributed by atoms with Gasteiger partial charge in [0, 0.05) is 7.11 Å². The van der Waals surface area contributed by atoms with Crippen molar-refractivity contribution in [1.82, 2.24) is 9.55 Å². The van der Waals surface area contributed by atoms with E-state index in [1.54, 1.807) is 7.11 Å². The first-order valence-corrected chi connectivity index (χ1v) is 5.70. The molecule has 1 aromatic carbocycles. The number of fused-ring (bicyclic) bond motifs is 1. The predicted octanol–water partition coefficient (Wildman–Crippen LogP) is 2.31. The highest BCUT2D eigenvalue weighted by molar-refractivity contribution is 5.79. The molecular weight excluding hydrogens is 214 g/mol. The lowest BCUT2D eigenvalue weighted by atomic mass is 10.1. The number of rotatable bonds is 3. The zero-order valence-electron chi connectivity index (χ0n) is 10.8. The molecule has 0 aliphatic rings. The molecular formula is C13H19N3O. The Labute approximate surface area is 101 Å². The first-order chi connectivity index (χ1) is 7.95. The van der Waals surface area contributed by atoms with Gasteiger partial charge in [0.15, 0.2) is 0 Å². The maximum atomic E-state index is 6.02. The van der Waals surface area contributed by atoms with E-state index in [0.717, 1.165) is 11.0 Å². The molecule has 0 saturated carbocycles. The zero-order valence-corrected chi connectivity index (χ0v) is 10.8. The largest absolute Gasteiger partial charge is 0.382 e. The van der Waals surface area contributed by atoms with Crippen LogP contribution in [0.25, 0.3) is 11.0 Å². The Kier molecular flexibility index (Phi) is 2.83. The summed E-state index contributed by atoms with van der Waals surface area (Å²) in [5.41, 5.74) is 9.00. The van der Waals surface area contributed by atoms with Crippen LogP contribution in [-0.4, -0.2) is 23.3 Å². The molecule has 0 atom stereocenters. The highest BCUT2D eigenvalue weighted by atomic mass is 16.5. The number of hydrogen-bond donors (Lipinski definition) is 1. The molecule has 0 saturated heterocycles. The minimum Gasteiger partial charge on any atom is -0.382 e. The molecule has 0 unspecified atom stereocenters. The van der Waals surface area contributed by atoms with Crippen molar-refractivity contribution in [3.05, 3.63) is 23.8 Å². The molecule has 4 heteroatoms. The summed E-state index contributed by atoms with van der Waals surface area (Å²) in [5.74, 6) is 0.535. The minimum absolute atomic E-state index is 0.207. The third-order valence-corrected chi connectivity index (χ3v) is 2.94. The van der Waals surface area contributed by atoms with Gasteiger partial charge in [-0.3, -0.25) is 0 Å². The van der Waals surface area contributed by atoms with Gasteiger partial charge in [0.2, 0.25) is 5.95 Å².